The van der Waals surface area contributed by atoms with Crippen LogP contribution in [0.5, 0.6) is 11.6 Å². The Kier molecular flexibility index (Phi) is 6.28. The largest absolute Gasteiger partial charge is 0.436 e. The van der Waals surface area contributed by atoms with E-state index in [9.17, 15) is 14.0 Å². The number of aromatic nitrogens is 2. The van der Waals surface area contributed by atoms with E-state index in [-0.39, 0.29) is 21.2 Å². The molecule has 3 aromatic rings. The molecule has 0 unspecified atom stereocenters. The standard InChI is InChI=1S/C19H10ClFN4O3S3/c20-18-22-9-12(21)16(23-18)28-11-4-1-3-10(7-11)8-14-17(27)25(19(29)31-14)24-15(26)13-5-2-6-30-13/h1-9H,(H,24,26)/b14-8+. The average Bonchev–Trinajstić information content (AvgIpc) is 3.36. The molecule has 7 nitrogen and oxygen atoms in total. The van der Waals surface area contributed by atoms with E-state index < -0.39 is 17.6 Å². The maximum absolute atomic E-state index is 13.8. The first kappa shape index (κ1) is 21.4. The van der Waals surface area contributed by atoms with Crippen LogP contribution < -0.4 is 10.2 Å². The van der Waals surface area contributed by atoms with Gasteiger partial charge in [0.1, 0.15) is 5.75 Å². The number of halogens is 2. The van der Waals surface area contributed by atoms with Crippen LogP contribution in [-0.2, 0) is 4.79 Å². The molecule has 1 aliphatic heterocycles. The van der Waals surface area contributed by atoms with E-state index >= 15 is 0 Å². The molecule has 0 aliphatic carbocycles. The van der Waals surface area contributed by atoms with Gasteiger partial charge in [0.15, 0.2) is 4.32 Å². The maximum atomic E-state index is 13.8. The number of carbonyl (C=O) groups excluding carboxylic acids is 2. The number of ether oxygens (including phenoxy) is 1. The Hall–Kier alpha value is -2.86. The summed E-state index contributed by atoms with van der Waals surface area (Å²) in [5.41, 5.74) is 3.11. The van der Waals surface area contributed by atoms with E-state index in [4.69, 9.17) is 28.6 Å². The predicted molar refractivity (Wildman–Crippen MR) is 120 cm³/mol. The molecule has 12 heteroatoms. The number of benzene rings is 1. The van der Waals surface area contributed by atoms with Crippen molar-refractivity contribution in [3.63, 3.8) is 0 Å². The SMILES string of the molecule is O=C(NN1C(=O)/C(=C\c2cccc(Oc3nc(Cl)ncc3F)c2)SC1=S)c1cccs1. The van der Waals surface area contributed by atoms with Crippen LogP contribution in [0.25, 0.3) is 6.08 Å². The van der Waals surface area contributed by atoms with Crippen LogP contribution in [0.2, 0.25) is 5.28 Å². The molecule has 4 rings (SSSR count). The fourth-order valence-electron chi connectivity index (χ4n) is 2.46. The van der Waals surface area contributed by atoms with Crippen LogP contribution in [0.1, 0.15) is 15.2 Å². The van der Waals surface area contributed by atoms with Crippen molar-refractivity contribution in [2.45, 2.75) is 0 Å². The number of thioether (sulfide) groups is 1. The number of thiophene rings is 1. The molecular weight excluding hydrogens is 483 g/mol. The Bertz CT molecular complexity index is 1220. The Labute approximate surface area is 193 Å². The van der Waals surface area contributed by atoms with Gasteiger partial charge >= 0.3 is 0 Å². The third-order valence-electron chi connectivity index (χ3n) is 3.80. The first-order valence-electron chi connectivity index (χ1n) is 8.49. The molecule has 1 saturated heterocycles. The normalized spacial score (nSPS) is 14.9. The summed E-state index contributed by atoms with van der Waals surface area (Å²) in [5.74, 6) is -1.69. The number of nitrogens with zero attached hydrogens (tertiary/aromatic N) is 3. The van der Waals surface area contributed by atoms with Gasteiger partial charge in [0.2, 0.25) is 11.1 Å². The topological polar surface area (TPSA) is 84.4 Å². The molecule has 1 aromatic carbocycles. The smallest absolute Gasteiger partial charge is 0.285 e. The van der Waals surface area contributed by atoms with Crippen LogP contribution in [0.4, 0.5) is 4.39 Å². The Morgan fingerprint density at radius 2 is 2.16 bits per heavy atom. The van der Waals surface area contributed by atoms with Crippen LogP contribution in [-0.4, -0.2) is 31.1 Å². The highest BCUT2D eigenvalue weighted by Gasteiger charge is 2.34. The van der Waals surface area contributed by atoms with Crippen LogP contribution in [0.15, 0.2) is 52.9 Å². The van der Waals surface area contributed by atoms with Gasteiger partial charge in [-0.05, 0) is 59.0 Å². The summed E-state index contributed by atoms with van der Waals surface area (Å²) in [5, 5.41) is 2.64. The van der Waals surface area contributed by atoms with Gasteiger partial charge < -0.3 is 4.74 Å². The lowest BCUT2D eigenvalue weighted by atomic mass is 10.2. The van der Waals surface area contributed by atoms with Gasteiger partial charge in [-0.1, -0.05) is 30.0 Å². The maximum Gasteiger partial charge on any atom is 0.285 e. The predicted octanol–water partition coefficient (Wildman–Crippen LogP) is 4.67. The van der Waals surface area contributed by atoms with Gasteiger partial charge in [-0.25, -0.2) is 4.98 Å². The van der Waals surface area contributed by atoms with Crippen molar-refractivity contribution >= 4 is 69.1 Å². The van der Waals surface area contributed by atoms with E-state index in [0.29, 0.717) is 15.3 Å². The van der Waals surface area contributed by atoms with Gasteiger partial charge in [-0.3, -0.25) is 15.0 Å². The minimum Gasteiger partial charge on any atom is -0.436 e. The van der Waals surface area contributed by atoms with Crippen LogP contribution >= 0.6 is 46.9 Å². The van der Waals surface area contributed by atoms with Crippen molar-refractivity contribution in [3.8, 4) is 11.6 Å². The number of hydrogen-bond acceptors (Lipinski definition) is 8. The van der Waals surface area contributed by atoms with Gasteiger partial charge in [-0.15, -0.1) is 11.3 Å². The second-order valence-electron chi connectivity index (χ2n) is 5.90. The molecule has 2 aromatic heterocycles. The van der Waals surface area contributed by atoms with Crippen molar-refractivity contribution in [1.82, 2.24) is 20.4 Å². The molecule has 3 heterocycles. The molecule has 1 aliphatic rings. The van der Waals surface area contributed by atoms with Crippen LogP contribution in [0.3, 0.4) is 0 Å². The molecule has 2 amide bonds. The Balaban J connectivity index is 1.51. The van der Waals surface area contributed by atoms with Crippen LogP contribution in [0, 0.1) is 5.82 Å². The van der Waals surface area contributed by atoms with Gasteiger partial charge in [0.25, 0.3) is 17.7 Å². The monoisotopic (exact) mass is 492 g/mol. The summed E-state index contributed by atoms with van der Waals surface area (Å²) in [6, 6.07) is 9.96. The molecule has 1 N–H and O–H groups in total. The molecule has 0 saturated carbocycles. The quantitative estimate of drug-likeness (QED) is 0.315. The molecule has 1 fully saturated rings. The van der Waals surface area contributed by atoms with Gasteiger partial charge in [-0.2, -0.15) is 14.4 Å². The highest BCUT2D eigenvalue weighted by molar-refractivity contribution is 8.26. The lowest BCUT2D eigenvalue weighted by Gasteiger charge is -2.14. The highest BCUT2D eigenvalue weighted by atomic mass is 35.5. The van der Waals surface area contributed by atoms with E-state index in [1.54, 1.807) is 47.9 Å². The molecule has 0 atom stereocenters. The first-order valence-corrected chi connectivity index (χ1v) is 11.0. The zero-order valence-electron chi connectivity index (χ0n) is 15.2. The molecular formula is C19H10ClFN4O3S3. The second-order valence-corrected chi connectivity index (χ2v) is 8.86. The van der Waals surface area contributed by atoms with Crippen molar-refractivity contribution < 1.29 is 18.7 Å². The average molecular weight is 493 g/mol. The number of amides is 2. The fraction of sp³-hybridized carbons (Fsp3) is 0. The van der Waals surface area contributed by atoms with Crippen molar-refractivity contribution in [1.29, 1.82) is 0 Å². The van der Waals surface area contributed by atoms with Gasteiger partial charge in [0, 0.05) is 0 Å². The lowest BCUT2D eigenvalue weighted by molar-refractivity contribution is -0.123. The number of thiocarbonyl (C=S) groups is 1. The molecule has 0 spiro atoms. The number of nitrogens with one attached hydrogen (secondary N) is 1. The number of rotatable bonds is 5. The van der Waals surface area contributed by atoms with Gasteiger partial charge in [0.05, 0.1) is 16.0 Å². The number of hydrogen-bond donors (Lipinski definition) is 1. The second kappa shape index (κ2) is 9.10. The lowest BCUT2D eigenvalue weighted by Crippen LogP contribution is -2.44. The Morgan fingerprint density at radius 1 is 1.32 bits per heavy atom. The van der Waals surface area contributed by atoms with Crippen molar-refractivity contribution in [2.75, 3.05) is 0 Å². The molecule has 0 bridgehead atoms. The summed E-state index contributed by atoms with van der Waals surface area (Å²) in [6.07, 6.45) is 2.50. The van der Waals surface area contributed by atoms with E-state index in [1.165, 1.54) is 11.3 Å². The minimum atomic E-state index is -0.767. The third kappa shape index (κ3) is 4.90. The highest BCUT2D eigenvalue weighted by Crippen LogP contribution is 2.32. The van der Waals surface area contributed by atoms with Crippen molar-refractivity contribution in [2.24, 2.45) is 0 Å². The molecule has 156 valence electrons. The zero-order valence-corrected chi connectivity index (χ0v) is 18.4. The van der Waals surface area contributed by atoms with E-state index in [2.05, 4.69) is 15.4 Å². The fourth-order valence-corrected chi connectivity index (χ4v) is 4.38. The summed E-state index contributed by atoms with van der Waals surface area (Å²) in [4.78, 5) is 32.9. The minimum absolute atomic E-state index is 0.152. The van der Waals surface area contributed by atoms with E-state index in [0.717, 1.165) is 23.0 Å². The summed E-state index contributed by atoms with van der Waals surface area (Å²) in [7, 11) is 0. The third-order valence-corrected chi connectivity index (χ3v) is 6.16. The zero-order chi connectivity index (χ0) is 22.0. The molecule has 31 heavy (non-hydrogen) atoms. The first-order chi connectivity index (χ1) is 14.9. The van der Waals surface area contributed by atoms with Crippen molar-refractivity contribution in [3.05, 3.63) is 74.4 Å². The number of carbonyl (C=O) groups is 2. The summed E-state index contributed by atoms with van der Waals surface area (Å²) in [6.45, 7) is 0. The Morgan fingerprint density at radius 3 is 2.94 bits per heavy atom. The molecule has 0 radical (unpaired) electrons. The van der Waals surface area contributed by atoms with E-state index in [1.807, 2.05) is 0 Å². The summed E-state index contributed by atoms with van der Waals surface area (Å²) >= 11 is 13.2. The number of hydrazine groups is 1. The summed E-state index contributed by atoms with van der Waals surface area (Å²) < 4.78 is 19.4.